The fraction of sp³-hybridized carbons (Fsp3) is 0.350. The molecular weight excluding hydrogens is 444 g/mol. The molecule has 0 unspecified atom stereocenters. The summed E-state index contributed by atoms with van der Waals surface area (Å²) in [5, 5.41) is 4.09. The summed E-state index contributed by atoms with van der Waals surface area (Å²) in [6, 6.07) is 4.19. The quantitative estimate of drug-likeness (QED) is 0.619. The Morgan fingerprint density at radius 2 is 2.10 bits per heavy atom. The van der Waals surface area contributed by atoms with Crippen LogP contribution in [0.25, 0.3) is 0 Å². The van der Waals surface area contributed by atoms with E-state index in [4.69, 9.17) is 9.47 Å². The number of rotatable bonds is 7. The smallest absolute Gasteiger partial charge is 0.272 e. The minimum atomic E-state index is -3.54. The summed E-state index contributed by atoms with van der Waals surface area (Å²) in [7, 11) is -2.17. The van der Waals surface area contributed by atoms with Gasteiger partial charge in [0.1, 0.15) is 27.1 Å². The van der Waals surface area contributed by atoms with Crippen LogP contribution in [0.4, 0.5) is 5.69 Å². The first-order valence-corrected chi connectivity index (χ1v) is 12.3. The third-order valence-electron chi connectivity index (χ3n) is 5.06. The summed E-state index contributed by atoms with van der Waals surface area (Å²) in [4.78, 5) is 39.4. The van der Waals surface area contributed by atoms with Crippen LogP contribution in [-0.4, -0.2) is 63.4 Å². The molecule has 4 rings (SSSR count). The number of nitrogens with one attached hydrogen (secondary N) is 1. The van der Waals surface area contributed by atoms with Crippen LogP contribution in [0.5, 0.6) is 5.75 Å². The van der Waals surface area contributed by atoms with Gasteiger partial charge in [0, 0.05) is 25.2 Å². The first-order valence-electron chi connectivity index (χ1n) is 9.41. The van der Waals surface area contributed by atoms with Gasteiger partial charge in [0.15, 0.2) is 0 Å². The van der Waals surface area contributed by atoms with Gasteiger partial charge < -0.3 is 14.8 Å². The number of nitrogens with zero attached hydrogens (tertiary/aromatic N) is 1. The zero-order valence-corrected chi connectivity index (χ0v) is 18.5. The summed E-state index contributed by atoms with van der Waals surface area (Å²) < 4.78 is 34.6. The van der Waals surface area contributed by atoms with Gasteiger partial charge in [0.25, 0.3) is 11.8 Å². The third kappa shape index (κ3) is 4.08. The summed E-state index contributed by atoms with van der Waals surface area (Å²) in [6.07, 6.45) is 1.73. The molecule has 3 heterocycles. The lowest BCUT2D eigenvalue weighted by molar-refractivity contribution is -0.119. The molecule has 1 aromatic carbocycles. The number of imide groups is 1. The van der Waals surface area contributed by atoms with E-state index in [-0.39, 0.29) is 22.7 Å². The number of carbonyl (C=O) groups is 3. The molecular formula is C20H20N2O7S2. The lowest BCUT2D eigenvalue weighted by atomic mass is 10.0. The molecule has 1 aromatic heterocycles. The number of amides is 3. The number of carbonyl (C=O) groups excluding carboxylic acids is 3. The molecule has 2 aliphatic rings. The number of anilines is 1. The first kappa shape index (κ1) is 21.5. The van der Waals surface area contributed by atoms with Crippen LogP contribution in [0.15, 0.2) is 23.6 Å². The number of sulfone groups is 1. The number of hydrogen-bond acceptors (Lipinski definition) is 8. The second kappa shape index (κ2) is 8.06. The SMILES string of the molecule is COCC(=O)Nc1csc2c1C(=O)N([C@@H](CS(C)(=O)=O)c1ccc3c(c1)CCO3)C2=O. The van der Waals surface area contributed by atoms with E-state index < -0.39 is 39.4 Å². The van der Waals surface area contributed by atoms with Crippen LogP contribution in [0, 0.1) is 0 Å². The van der Waals surface area contributed by atoms with Crippen molar-refractivity contribution in [2.24, 2.45) is 0 Å². The monoisotopic (exact) mass is 464 g/mol. The van der Waals surface area contributed by atoms with Gasteiger partial charge in [0.2, 0.25) is 5.91 Å². The zero-order valence-electron chi connectivity index (χ0n) is 16.8. The summed E-state index contributed by atoms with van der Waals surface area (Å²) >= 11 is 1.03. The fourth-order valence-electron chi connectivity index (χ4n) is 3.76. The van der Waals surface area contributed by atoms with E-state index in [1.165, 1.54) is 12.5 Å². The molecule has 0 saturated carbocycles. The van der Waals surface area contributed by atoms with E-state index in [9.17, 15) is 22.8 Å². The maximum absolute atomic E-state index is 13.3. The Kier molecular flexibility index (Phi) is 5.58. The van der Waals surface area contributed by atoms with Gasteiger partial charge in [-0.3, -0.25) is 19.3 Å². The summed E-state index contributed by atoms with van der Waals surface area (Å²) in [5.74, 6) is -1.39. The Morgan fingerprint density at radius 1 is 1.32 bits per heavy atom. The Bertz CT molecular complexity index is 1190. The van der Waals surface area contributed by atoms with Gasteiger partial charge in [-0.1, -0.05) is 6.07 Å². The molecule has 1 atom stereocenters. The van der Waals surface area contributed by atoms with Crippen molar-refractivity contribution in [1.82, 2.24) is 4.90 Å². The zero-order chi connectivity index (χ0) is 22.3. The van der Waals surface area contributed by atoms with Crippen molar-refractivity contribution < 1.29 is 32.3 Å². The first-order chi connectivity index (χ1) is 14.7. The van der Waals surface area contributed by atoms with Crippen molar-refractivity contribution in [1.29, 1.82) is 0 Å². The maximum Gasteiger partial charge on any atom is 0.272 e. The molecule has 9 nitrogen and oxygen atoms in total. The summed E-state index contributed by atoms with van der Waals surface area (Å²) in [6.45, 7) is 0.323. The Morgan fingerprint density at radius 3 is 2.81 bits per heavy atom. The normalized spacial score (nSPS) is 16.1. The number of methoxy groups -OCH3 is 1. The van der Waals surface area contributed by atoms with Gasteiger partial charge in [-0.15, -0.1) is 11.3 Å². The molecule has 0 fully saturated rings. The van der Waals surface area contributed by atoms with Crippen molar-refractivity contribution in [2.75, 3.05) is 37.6 Å². The number of ether oxygens (including phenoxy) is 2. The topological polar surface area (TPSA) is 119 Å². The number of hydrogen-bond donors (Lipinski definition) is 1. The Balaban J connectivity index is 1.72. The molecule has 0 spiro atoms. The van der Waals surface area contributed by atoms with Gasteiger partial charge >= 0.3 is 0 Å². The predicted molar refractivity (Wildman–Crippen MR) is 113 cm³/mol. The largest absolute Gasteiger partial charge is 0.493 e. The van der Waals surface area contributed by atoms with Crippen molar-refractivity contribution in [3.63, 3.8) is 0 Å². The molecule has 0 radical (unpaired) electrons. The van der Waals surface area contributed by atoms with E-state index in [0.29, 0.717) is 24.3 Å². The standard InChI is InChI=1S/C20H20N2O7S2/c1-28-8-16(23)21-13-9-30-18-17(13)19(24)22(20(18)25)14(10-31(2,26)27)11-3-4-15-12(7-11)5-6-29-15/h3-4,7,9,14H,5-6,8,10H2,1-2H3,(H,21,23)/t14-/m0/s1. The van der Waals surface area contributed by atoms with Gasteiger partial charge in [-0.25, -0.2) is 8.42 Å². The van der Waals surface area contributed by atoms with Crippen LogP contribution in [0.1, 0.15) is 37.2 Å². The molecule has 11 heteroatoms. The van der Waals surface area contributed by atoms with Gasteiger partial charge in [-0.2, -0.15) is 0 Å². The minimum absolute atomic E-state index is 0.0717. The lowest BCUT2D eigenvalue weighted by Gasteiger charge is -2.26. The lowest BCUT2D eigenvalue weighted by Crippen LogP contribution is -2.38. The minimum Gasteiger partial charge on any atom is -0.493 e. The van der Waals surface area contributed by atoms with E-state index in [1.54, 1.807) is 18.2 Å². The predicted octanol–water partition coefficient (Wildman–Crippen LogP) is 1.65. The molecule has 31 heavy (non-hydrogen) atoms. The molecule has 2 aromatic rings. The van der Waals surface area contributed by atoms with Crippen LogP contribution >= 0.6 is 11.3 Å². The highest BCUT2D eigenvalue weighted by Crippen LogP contribution is 2.40. The van der Waals surface area contributed by atoms with E-state index in [0.717, 1.165) is 28.1 Å². The fourth-order valence-corrected chi connectivity index (χ4v) is 5.60. The van der Waals surface area contributed by atoms with Crippen molar-refractivity contribution in [3.8, 4) is 5.75 Å². The molecule has 0 bridgehead atoms. The molecule has 3 amide bonds. The highest BCUT2D eigenvalue weighted by Gasteiger charge is 2.45. The van der Waals surface area contributed by atoms with E-state index in [1.807, 2.05) is 0 Å². The number of benzene rings is 1. The maximum atomic E-state index is 13.3. The van der Waals surface area contributed by atoms with E-state index in [2.05, 4.69) is 5.32 Å². The van der Waals surface area contributed by atoms with Crippen molar-refractivity contribution in [3.05, 3.63) is 45.1 Å². The van der Waals surface area contributed by atoms with Gasteiger partial charge in [0.05, 0.1) is 29.7 Å². The summed E-state index contributed by atoms with van der Waals surface area (Å²) in [5.41, 5.74) is 1.72. The number of thiophene rings is 1. The molecule has 2 aliphatic heterocycles. The molecule has 164 valence electrons. The second-order valence-corrected chi connectivity index (χ2v) is 10.5. The van der Waals surface area contributed by atoms with Crippen LogP contribution in [-0.2, 0) is 25.8 Å². The number of fused-ring (bicyclic) bond motifs is 2. The Hall–Kier alpha value is -2.76. The van der Waals surface area contributed by atoms with Crippen LogP contribution in [0.2, 0.25) is 0 Å². The van der Waals surface area contributed by atoms with Crippen molar-refractivity contribution >= 4 is 44.6 Å². The molecule has 0 saturated heterocycles. The second-order valence-electron chi connectivity index (χ2n) is 7.39. The molecule has 0 aliphatic carbocycles. The highest BCUT2D eigenvalue weighted by atomic mass is 32.2. The third-order valence-corrected chi connectivity index (χ3v) is 6.95. The van der Waals surface area contributed by atoms with Crippen LogP contribution < -0.4 is 10.1 Å². The average Bonchev–Trinajstić information content (AvgIpc) is 3.37. The van der Waals surface area contributed by atoms with Gasteiger partial charge in [-0.05, 0) is 23.3 Å². The van der Waals surface area contributed by atoms with Crippen LogP contribution in [0.3, 0.4) is 0 Å². The van der Waals surface area contributed by atoms with E-state index >= 15 is 0 Å². The Labute approximate surface area is 182 Å². The molecule has 1 N–H and O–H groups in total. The average molecular weight is 465 g/mol. The van der Waals surface area contributed by atoms with Crippen molar-refractivity contribution in [2.45, 2.75) is 12.5 Å². The highest BCUT2D eigenvalue weighted by molar-refractivity contribution is 7.90.